The number of amides is 1. The summed E-state index contributed by atoms with van der Waals surface area (Å²) in [6.45, 7) is 2.37. The second-order valence-electron chi connectivity index (χ2n) is 4.31. The third-order valence-electron chi connectivity index (χ3n) is 2.55. The van der Waals surface area contributed by atoms with Gasteiger partial charge >= 0.3 is 0 Å². The molecule has 1 rings (SSSR count). The number of benzene rings is 1. The number of aliphatic hydroxyl groups excluding tert-OH is 1. The molecule has 0 fully saturated rings. The minimum absolute atomic E-state index is 0.0198. The number of carbonyl (C=O) groups is 1. The maximum atomic E-state index is 11.6. The van der Waals surface area contributed by atoms with Crippen LogP contribution in [-0.2, 0) is 4.79 Å². The average molecular weight is 283 g/mol. The van der Waals surface area contributed by atoms with Gasteiger partial charge in [0.15, 0.2) is 0 Å². The largest absolute Gasteiger partial charge is 0.497 e. The number of aliphatic hydroxyl groups is 1. The Morgan fingerprint density at radius 1 is 1.42 bits per heavy atom. The Balaban J connectivity index is 2.18. The van der Waals surface area contributed by atoms with Crippen molar-refractivity contribution in [3.8, 4) is 5.75 Å². The van der Waals surface area contributed by atoms with Gasteiger partial charge in [-0.1, -0.05) is 0 Å². The van der Waals surface area contributed by atoms with Crippen molar-refractivity contribution in [3.63, 3.8) is 0 Å². The minimum Gasteiger partial charge on any atom is -0.497 e. The quantitative estimate of drug-likeness (QED) is 0.566. The SMILES string of the molecule is COc1ccc(SCC(=O)NCCCC(C)O)cc1. The maximum absolute atomic E-state index is 11.6. The number of rotatable bonds is 8. The van der Waals surface area contributed by atoms with Crippen LogP contribution in [0.2, 0.25) is 0 Å². The maximum Gasteiger partial charge on any atom is 0.230 e. The van der Waals surface area contributed by atoms with E-state index in [1.54, 1.807) is 14.0 Å². The molecule has 1 aromatic rings. The fourth-order valence-corrected chi connectivity index (χ4v) is 2.23. The normalized spacial score (nSPS) is 11.9. The van der Waals surface area contributed by atoms with Gasteiger partial charge in [-0.15, -0.1) is 11.8 Å². The van der Waals surface area contributed by atoms with Gasteiger partial charge in [0.25, 0.3) is 0 Å². The molecule has 0 aliphatic rings. The topological polar surface area (TPSA) is 58.6 Å². The summed E-state index contributed by atoms with van der Waals surface area (Å²) in [5, 5.41) is 11.9. The molecule has 1 amide bonds. The van der Waals surface area contributed by atoms with E-state index < -0.39 is 0 Å². The molecule has 0 radical (unpaired) electrons. The van der Waals surface area contributed by atoms with Crippen molar-refractivity contribution in [3.05, 3.63) is 24.3 Å². The second kappa shape index (κ2) is 8.82. The van der Waals surface area contributed by atoms with Crippen LogP contribution in [0, 0.1) is 0 Å². The third-order valence-corrected chi connectivity index (χ3v) is 3.56. The summed E-state index contributed by atoms with van der Waals surface area (Å²) in [6, 6.07) is 7.63. The van der Waals surface area contributed by atoms with E-state index >= 15 is 0 Å². The van der Waals surface area contributed by atoms with Crippen molar-refractivity contribution in [2.75, 3.05) is 19.4 Å². The van der Waals surface area contributed by atoms with Crippen molar-refractivity contribution in [2.24, 2.45) is 0 Å². The van der Waals surface area contributed by atoms with Gasteiger partial charge in [-0.2, -0.15) is 0 Å². The Morgan fingerprint density at radius 3 is 2.68 bits per heavy atom. The number of carbonyl (C=O) groups excluding carboxylic acids is 1. The van der Waals surface area contributed by atoms with E-state index in [9.17, 15) is 4.79 Å². The molecule has 0 aliphatic carbocycles. The predicted octanol–water partition coefficient (Wildman–Crippen LogP) is 2.06. The first-order chi connectivity index (χ1) is 9.11. The van der Waals surface area contributed by atoms with Crippen LogP contribution in [0.5, 0.6) is 5.75 Å². The summed E-state index contributed by atoms with van der Waals surface area (Å²) < 4.78 is 5.07. The molecule has 0 aromatic heterocycles. The molecule has 0 heterocycles. The summed E-state index contributed by atoms with van der Waals surface area (Å²) in [7, 11) is 1.63. The lowest BCUT2D eigenvalue weighted by Crippen LogP contribution is -2.26. The standard InChI is InChI=1S/C14H21NO3S/c1-11(16)4-3-9-15-14(17)10-19-13-7-5-12(18-2)6-8-13/h5-8,11,16H,3-4,9-10H2,1-2H3,(H,15,17). The Kier molecular flexibility index (Phi) is 7.36. The van der Waals surface area contributed by atoms with Crippen molar-refractivity contribution >= 4 is 17.7 Å². The van der Waals surface area contributed by atoms with E-state index in [1.807, 2.05) is 24.3 Å². The number of methoxy groups -OCH3 is 1. The lowest BCUT2D eigenvalue weighted by Gasteiger charge is -2.07. The molecule has 0 saturated heterocycles. The van der Waals surface area contributed by atoms with Crippen LogP contribution in [0.3, 0.4) is 0 Å². The van der Waals surface area contributed by atoms with E-state index in [1.165, 1.54) is 11.8 Å². The van der Waals surface area contributed by atoms with Gasteiger partial charge in [0, 0.05) is 11.4 Å². The first-order valence-electron chi connectivity index (χ1n) is 6.33. The molecule has 106 valence electrons. The second-order valence-corrected chi connectivity index (χ2v) is 5.35. The highest BCUT2D eigenvalue weighted by molar-refractivity contribution is 8.00. The van der Waals surface area contributed by atoms with Crippen LogP contribution in [0.4, 0.5) is 0 Å². The first kappa shape index (κ1) is 15.9. The van der Waals surface area contributed by atoms with Crippen LogP contribution in [0.1, 0.15) is 19.8 Å². The molecule has 0 saturated carbocycles. The minimum atomic E-state index is -0.300. The van der Waals surface area contributed by atoms with Gasteiger partial charge in [-0.25, -0.2) is 0 Å². The predicted molar refractivity (Wildman–Crippen MR) is 77.6 cm³/mol. The Labute approximate surface area is 118 Å². The molecular weight excluding hydrogens is 262 g/mol. The summed E-state index contributed by atoms with van der Waals surface area (Å²) in [5.74, 6) is 1.24. The molecule has 1 aromatic carbocycles. The van der Waals surface area contributed by atoms with E-state index in [4.69, 9.17) is 9.84 Å². The third kappa shape index (κ3) is 7.08. The molecule has 0 bridgehead atoms. The Hall–Kier alpha value is -1.20. The lowest BCUT2D eigenvalue weighted by atomic mass is 10.2. The van der Waals surface area contributed by atoms with Gasteiger partial charge in [-0.3, -0.25) is 4.79 Å². The smallest absolute Gasteiger partial charge is 0.230 e. The van der Waals surface area contributed by atoms with Crippen LogP contribution < -0.4 is 10.1 Å². The Morgan fingerprint density at radius 2 is 2.11 bits per heavy atom. The van der Waals surface area contributed by atoms with Gasteiger partial charge in [-0.05, 0) is 44.0 Å². The summed E-state index contributed by atoms with van der Waals surface area (Å²) >= 11 is 1.50. The molecule has 1 unspecified atom stereocenters. The zero-order valence-corrected chi connectivity index (χ0v) is 12.2. The van der Waals surface area contributed by atoms with E-state index in [0.717, 1.165) is 17.1 Å². The monoisotopic (exact) mass is 283 g/mol. The summed E-state index contributed by atoms with van der Waals surface area (Å²) in [6.07, 6.45) is 1.22. The molecule has 0 aliphatic heterocycles. The highest BCUT2D eigenvalue weighted by Crippen LogP contribution is 2.20. The average Bonchev–Trinajstić information content (AvgIpc) is 2.41. The van der Waals surface area contributed by atoms with Crippen LogP contribution in [0.15, 0.2) is 29.2 Å². The highest BCUT2D eigenvalue weighted by atomic mass is 32.2. The molecule has 4 nitrogen and oxygen atoms in total. The highest BCUT2D eigenvalue weighted by Gasteiger charge is 2.03. The number of ether oxygens (including phenoxy) is 1. The van der Waals surface area contributed by atoms with Crippen LogP contribution >= 0.6 is 11.8 Å². The van der Waals surface area contributed by atoms with Gasteiger partial charge in [0.2, 0.25) is 5.91 Å². The van der Waals surface area contributed by atoms with Gasteiger partial charge in [0.1, 0.15) is 5.75 Å². The van der Waals surface area contributed by atoms with E-state index in [-0.39, 0.29) is 12.0 Å². The van der Waals surface area contributed by atoms with Crippen LogP contribution in [-0.4, -0.2) is 36.5 Å². The number of thioether (sulfide) groups is 1. The summed E-state index contributed by atoms with van der Waals surface area (Å²) in [4.78, 5) is 12.6. The zero-order chi connectivity index (χ0) is 14.1. The Bertz CT molecular complexity index is 379. The van der Waals surface area contributed by atoms with Crippen molar-refractivity contribution in [2.45, 2.75) is 30.8 Å². The molecule has 19 heavy (non-hydrogen) atoms. The van der Waals surface area contributed by atoms with Gasteiger partial charge < -0.3 is 15.2 Å². The number of hydrogen-bond acceptors (Lipinski definition) is 4. The van der Waals surface area contributed by atoms with Gasteiger partial charge in [0.05, 0.1) is 19.0 Å². The molecule has 1 atom stereocenters. The number of nitrogens with one attached hydrogen (secondary N) is 1. The molecule has 0 spiro atoms. The molecule has 2 N–H and O–H groups in total. The fourth-order valence-electron chi connectivity index (χ4n) is 1.50. The van der Waals surface area contributed by atoms with Crippen molar-refractivity contribution in [1.29, 1.82) is 0 Å². The van der Waals surface area contributed by atoms with E-state index in [0.29, 0.717) is 18.7 Å². The first-order valence-corrected chi connectivity index (χ1v) is 7.32. The number of hydrogen-bond donors (Lipinski definition) is 2. The fraction of sp³-hybridized carbons (Fsp3) is 0.500. The molecular formula is C14H21NO3S. The van der Waals surface area contributed by atoms with Crippen molar-refractivity contribution in [1.82, 2.24) is 5.32 Å². The molecule has 5 heteroatoms. The van der Waals surface area contributed by atoms with E-state index in [2.05, 4.69) is 5.32 Å². The van der Waals surface area contributed by atoms with Crippen molar-refractivity contribution < 1.29 is 14.6 Å². The lowest BCUT2D eigenvalue weighted by molar-refractivity contribution is -0.118. The summed E-state index contributed by atoms with van der Waals surface area (Å²) in [5.41, 5.74) is 0. The van der Waals surface area contributed by atoms with Crippen LogP contribution in [0.25, 0.3) is 0 Å². The zero-order valence-electron chi connectivity index (χ0n) is 11.4.